The van der Waals surface area contributed by atoms with Crippen LogP contribution in [0.15, 0.2) is 24.5 Å². The summed E-state index contributed by atoms with van der Waals surface area (Å²) in [7, 11) is 0. The maximum Gasteiger partial charge on any atom is 0.410 e. The first-order chi connectivity index (χ1) is 8.42. The van der Waals surface area contributed by atoms with Crippen LogP contribution in [-0.4, -0.2) is 34.7 Å². The molecule has 0 saturated carbocycles. The zero-order valence-electron chi connectivity index (χ0n) is 11.2. The van der Waals surface area contributed by atoms with Gasteiger partial charge in [0.1, 0.15) is 5.60 Å². The van der Waals surface area contributed by atoms with Crippen LogP contribution in [0, 0.1) is 0 Å². The summed E-state index contributed by atoms with van der Waals surface area (Å²) in [5.41, 5.74) is 6.03. The van der Waals surface area contributed by atoms with Crippen molar-refractivity contribution in [1.29, 1.82) is 0 Å². The Morgan fingerprint density at radius 2 is 2.00 bits per heavy atom. The second-order valence-electron chi connectivity index (χ2n) is 5.05. The van der Waals surface area contributed by atoms with Crippen molar-refractivity contribution in [2.75, 3.05) is 13.1 Å². The number of aromatic nitrogens is 1. The molecule has 0 radical (unpaired) electrons. The zero-order chi connectivity index (χ0) is 13.6. The van der Waals surface area contributed by atoms with Crippen LogP contribution in [0.3, 0.4) is 0 Å². The van der Waals surface area contributed by atoms with Gasteiger partial charge in [-0.05, 0) is 38.5 Å². The van der Waals surface area contributed by atoms with Gasteiger partial charge in [-0.2, -0.15) is 0 Å². The molecule has 1 aromatic heterocycles. The first-order valence-corrected chi connectivity index (χ1v) is 5.99. The molecule has 1 rings (SSSR count). The predicted octanol–water partition coefficient (Wildman–Crippen LogP) is 1.78. The molecule has 0 atom stereocenters. The topological polar surface area (TPSA) is 68.5 Å². The molecule has 0 spiro atoms. The van der Waals surface area contributed by atoms with Crippen molar-refractivity contribution < 1.29 is 9.53 Å². The smallest absolute Gasteiger partial charge is 0.410 e. The van der Waals surface area contributed by atoms with E-state index >= 15 is 0 Å². The van der Waals surface area contributed by atoms with Crippen LogP contribution in [0.5, 0.6) is 0 Å². The lowest BCUT2D eigenvalue weighted by molar-refractivity contribution is 0.0239. The first kappa shape index (κ1) is 14.4. The highest BCUT2D eigenvalue weighted by molar-refractivity contribution is 5.68. The van der Waals surface area contributed by atoms with Gasteiger partial charge < -0.3 is 15.4 Å². The summed E-state index contributed by atoms with van der Waals surface area (Å²) in [6.07, 6.45) is 3.06. The van der Waals surface area contributed by atoms with Crippen molar-refractivity contribution in [2.24, 2.45) is 5.73 Å². The molecule has 1 aromatic rings. The molecule has 18 heavy (non-hydrogen) atoms. The van der Waals surface area contributed by atoms with Gasteiger partial charge in [0.15, 0.2) is 0 Å². The minimum Gasteiger partial charge on any atom is -0.444 e. The highest BCUT2D eigenvalue weighted by atomic mass is 16.6. The quantitative estimate of drug-likeness (QED) is 0.885. The van der Waals surface area contributed by atoms with Crippen LogP contribution in [0.2, 0.25) is 0 Å². The van der Waals surface area contributed by atoms with Crippen LogP contribution in [0.25, 0.3) is 0 Å². The SMILES string of the molecule is CC(C)(C)OC(=O)N(CCN)Cc1ccncc1. The van der Waals surface area contributed by atoms with Gasteiger partial charge in [-0.1, -0.05) is 0 Å². The van der Waals surface area contributed by atoms with Gasteiger partial charge in [-0.25, -0.2) is 4.79 Å². The lowest BCUT2D eigenvalue weighted by Crippen LogP contribution is -2.39. The summed E-state index contributed by atoms with van der Waals surface area (Å²) in [5, 5.41) is 0. The monoisotopic (exact) mass is 251 g/mol. The summed E-state index contributed by atoms with van der Waals surface area (Å²) < 4.78 is 5.34. The molecule has 100 valence electrons. The number of nitrogens with two attached hydrogens (primary N) is 1. The van der Waals surface area contributed by atoms with E-state index in [1.54, 1.807) is 17.3 Å². The van der Waals surface area contributed by atoms with Crippen LogP contribution in [0.4, 0.5) is 4.79 Å². The average molecular weight is 251 g/mol. The van der Waals surface area contributed by atoms with Gasteiger partial charge in [0.05, 0.1) is 0 Å². The number of rotatable bonds is 4. The molecule has 1 amide bonds. The predicted molar refractivity (Wildman–Crippen MR) is 69.9 cm³/mol. The highest BCUT2D eigenvalue weighted by Gasteiger charge is 2.21. The Morgan fingerprint density at radius 1 is 1.39 bits per heavy atom. The third-order valence-electron chi connectivity index (χ3n) is 2.17. The second kappa shape index (κ2) is 6.35. The fourth-order valence-electron chi connectivity index (χ4n) is 1.43. The molecule has 0 bridgehead atoms. The summed E-state index contributed by atoms with van der Waals surface area (Å²) >= 11 is 0. The number of hydrogen-bond donors (Lipinski definition) is 1. The molecule has 2 N–H and O–H groups in total. The maximum atomic E-state index is 12.0. The largest absolute Gasteiger partial charge is 0.444 e. The molecule has 0 saturated heterocycles. The summed E-state index contributed by atoms with van der Waals surface area (Å²) in [5.74, 6) is 0. The van der Waals surface area contributed by atoms with Gasteiger partial charge in [-0.15, -0.1) is 0 Å². The number of carbonyl (C=O) groups excluding carboxylic acids is 1. The first-order valence-electron chi connectivity index (χ1n) is 5.99. The molecule has 0 unspecified atom stereocenters. The van der Waals surface area contributed by atoms with E-state index in [1.165, 1.54) is 0 Å². The maximum absolute atomic E-state index is 12.0. The minimum absolute atomic E-state index is 0.343. The number of amides is 1. The van der Waals surface area contributed by atoms with E-state index in [0.717, 1.165) is 5.56 Å². The third-order valence-corrected chi connectivity index (χ3v) is 2.17. The molecule has 0 aromatic carbocycles. The van der Waals surface area contributed by atoms with Gasteiger partial charge in [0.25, 0.3) is 0 Å². The van der Waals surface area contributed by atoms with Crippen molar-refractivity contribution >= 4 is 6.09 Å². The van der Waals surface area contributed by atoms with E-state index in [4.69, 9.17) is 10.5 Å². The molecule has 1 heterocycles. The lowest BCUT2D eigenvalue weighted by Gasteiger charge is -2.27. The van der Waals surface area contributed by atoms with Crippen molar-refractivity contribution in [2.45, 2.75) is 32.9 Å². The summed E-state index contributed by atoms with van der Waals surface area (Å²) in [4.78, 5) is 17.5. The molecule has 0 fully saturated rings. The van der Waals surface area contributed by atoms with Crippen molar-refractivity contribution in [3.63, 3.8) is 0 Å². The molecule has 5 heteroatoms. The van der Waals surface area contributed by atoms with E-state index in [2.05, 4.69) is 4.98 Å². The number of nitrogens with zero attached hydrogens (tertiary/aromatic N) is 2. The van der Waals surface area contributed by atoms with E-state index in [9.17, 15) is 4.79 Å². The Bertz CT molecular complexity index is 374. The number of hydrogen-bond acceptors (Lipinski definition) is 4. The Morgan fingerprint density at radius 3 is 2.50 bits per heavy atom. The fourth-order valence-corrected chi connectivity index (χ4v) is 1.43. The zero-order valence-corrected chi connectivity index (χ0v) is 11.2. The van der Waals surface area contributed by atoms with Gasteiger partial charge >= 0.3 is 6.09 Å². The Labute approximate surface area is 108 Å². The van der Waals surface area contributed by atoms with Gasteiger partial charge in [0.2, 0.25) is 0 Å². The normalized spacial score (nSPS) is 11.1. The number of carbonyl (C=O) groups is 1. The molecular weight excluding hydrogens is 230 g/mol. The van der Waals surface area contributed by atoms with Crippen molar-refractivity contribution in [3.05, 3.63) is 30.1 Å². The van der Waals surface area contributed by atoms with Gasteiger partial charge in [0, 0.05) is 32.0 Å². The molecule has 0 aliphatic carbocycles. The van der Waals surface area contributed by atoms with Crippen LogP contribution >= 0.6 is 0 Å². The second-order valence-corrected chi connectivity index (χ2v) is 5.05. The Hall–Kier alpha value is -1.62. The van der Waals surface area contributed by atoms with Crippen LogP contribution in [0.1, 0.15) is 26.3 Å². The van der Waals surface area contributed by atoms with E-state index < -0.39 is 5.60 Å². The van der Waals surface area contributed by atoms with E-state index in [1.807, 2.05) is 32.9 Å². The third kappa shape index (κ3) is 5.14. The summed E-state index contributed by atoms with van der Waals surface area (Å²) in [6, 6.07) is 3.74. The fraction of sp³-hybridized carbons (Fsp3) is 0.538. The average Bonchev–Trinajstić information content (AvgIpc) is 2.27. The van der Waals surface area contributed by atoms with E-state index in [-0.39, 0.29) is 6.09 Å². The standard InChI is InChI=1S/C13H21N3O2/c1-13(2,3)18-12(17)16(9-6-14)10-11-4-7-15-8-5-11/h4-5,7-8H,6,9-10,14H2,1-3H3. The number of ether oxygens (including phenoxy) is 1. The van der Waals surface area contributed by atoms with Gasteiger partial charge in [-0.3, -0.25) is 4.98 Å². The highest BCUT2D eigenvalue weighted by Crippen LogP contribution is 2.12. The van der Waals surface area contributed by atoms with Crippen molar-refractivity contribution in [3.8, 4) is 0 Å². The molecule has 0 aliphatic rings. The summed E-state index contributed by atoms with van der Waals surface area (Å²) in [6.45, 7) is 6.89. The lowest BCUT2D eigenvalue weighted by atomic mass is 10.2. The molecular formula is C13H21N3O2. The Balaban J connectivity index is 2.68. The van der Waals surface area contributed by atoms with Crippen LogP contribution < -0.4 is 5.73 Å². The molecule has 5 nitrogen and oxygen atoms in total. The van der Waals surface area contributed by atoms with Crippen molar-refractivity contribution in [1.82, 2.24) is 9.88 Å². The van der Waals surface area contributed by atoms with E-state index in [0.29, 0.717) is 19.6 Å². The minimum atomic E-state index is -0.498. The number of pyridine rings is 1. The van der Waals surface area contributed by atoms with Crippen LogP contribution in [-0.2, 0) is 11.3 Å². The Kier molecular flexibility index (Phi) is 5.09. The molecule has 0 aliphatic heterocycles.